The molecule has 162 valence electrons. The van der Waals surface area contributed by atoms with E-state index in [9.17, 15) is 9.59 Å². The van der Waals surface area contributed by atoms with E-state index in [2.05, 4.69) is 38.5 Å². The van der Waals surface area contributed by atoms with Crippen molar-refractivity contribution in [3.63, 3.8) is 0 Å². The smallest absolute Gasteiger partial charge is 0.274 e. The Hall–Kier alpha value is -2.41. The SMILES string of the molecule is Cc1cc(C(=O)N(C)C[C@H]2[C@H](C(=O)Nc3ccc(Br)cc3)[C@@H]3C=C[C@H]2C32CC2)nn1C. The summed E-state index contributed by atoms with van der Waals surface area (Å²) in [5.41, 5.74) is 2.44. The predicted octanol–water partition coefficient (Wildman–Crippen LogP) is 4.03. The van der Waals surface area contributed by atoms with Crippen molar-refractivity contribution in [2.45, 2.75) is 19.8 Å². The van der Waals surface area contributed by atoms with Crippen LogP contribution >= 0.6 is 15.9 Å². The maximum atomic E-state index is 13.4. The van der Waals surface area contributed by atoms with Crippen molar-refractivity contribution < 1.29 is 9.59 Å². The molecular weight excluding hydrogens is 456 g/mol. The summed E-state index contributed by atoms with van der Waals surface area (Å²) in [6, 6.07) is 9.49. The van der Waals surface area contributed by atoms with Crippen molar-refractivity contribution in [1.29, 1.82) is 0 Å². The molecule has 2 bridgehead atoms. The number of aromatic nitrogens is 2. The summed E-state index contributed by atoms with van der Waals surface area (Å²) in [5, 5.41) is 7.46. The average molecular weight is 483 g/mol. The molecule has 5 rings (SSSR count). The third-order valence-corrected chi connectivity index (χ3v) is 8.10. The fourth-order valence-electron chi connectivity index (χ4n) is 5.80. The summed E-state index contributed by atoms with van der Waals surface area (Å²) in [4.78, 5) is 28.2. The molecule has 3 aliphatic carbocycles. The molecule has 3 aliphatic rings. The maximum absolute atomic E-state index is 13.4. The average Bonchev–Trinajstić information content (AvgIpc) is 3.29. The van der Waals surface area contributed by atoms with Gasteiger partial charge in [-0.25, -0.2) is 0 Å². The monoisotopic (exact) mass is 482 g/mol. The summed E-state index contributed by atoms with van der Waals surface area (Å²) in [5.74, 6) is 0.586. The first kappa shape index (κ1) is 20.5. The highest BCUT2D eigenvalue weighted by Gasteiger charge is 2.68. The van der Waals surface area contributed by atoms with Gasteiger partial charge >= 0.3 is 0 Å². The number of hydrogen-bond donors (Lipinski definition) is 1. The molecule has 2 fully saturated rings. The van der Waals surface area contributed by atoms with Gasteiger partial charge in [0.15, 0.2) is 5.69 Å². The van der Waals surface area contributed by atoms with Gasteiger partial charge in [0.1, 0.15) is 0 Å². The molecule has 1 spiro atoms. The van der Waals surface area contributed by atoms with Gasteiger partial charge in [0.2, 0.25) is 5.91 Å². The second kappa shape index (κ2) is 7.33. The van der Waals surface area contributed by atoms with Crippen LogP contribution in [0.25, 0.3) is 0 Å². The van der Waals surface area contributed by atoms with Crippen LogP contribution in [-0.2, 0) is 11.8 Å². The number of aryl methyl sites for hydroxylation is 2. The molecule has 31 heavy (non-hydrogen) atoms. The Morgan fingerprint density at radius 1 is 1.23 bits per heavy atom. The van der Waals surface area contributed by atoms with Crippen LogP contribution in [0.3, 0.4) is 0 Å². The van der Waals surface area contributed by atoms with E-state index in [1.807, 2.05) is 51.4 Å². The number of nitrogens with zero attached hydrogens (tertiary/aromatic N) is 3. The molecule has 6 nitrogen and oxygen atoms in total. The highest BCUT2D eigenvalue weighted by Crippen LogP contribution is 2.72. The van der Waals surface area contributed by atoms with Gasteiger partial charge < -0.3 is 10.2 Å². The van der Waals surface area contributed by atoms with Crippen LogP contribution in [0.2, 0.25) is 0 Å². The molecule has 0 unspecified atom stereocenters. The fourth-order valence-corrected chi connectivity index (χ4v) is 6.06. The van der Waals surface area contributed by atoms with Crippen LogP contribution in [0, 0.1) is 36.0 Å². The second-order valence-electron chi connectivity index (χ2n) is 9.34. The summed E-state index contributed by atoms with van der Waals surface area (Å²) in [7, 11) is 3.66. The third-order valence-electron chi connectivity index (χ3n) is 7.57. The van der Waals surface area contributed by atoms with Crippen LogP contribution < -0.4 is 5.32 Å². The number of nitrogens with one attached hydrogen (secondary N) is 1. The zero-order chi connectivity index (χ0) is 21.9. The molecule has 4 atom stereocenters. The molecule has 1 aromatic carbocycles. The summed E-state index contributed by atoms with van der Waals surface area (Å²) in [6.45, 7) is 2.49. The van der Waals surface area contributed by atoms with Crippen molar-refractivity contribution in [3.05, 3.63) is 58.3 Å². The van der Waals surface area contributed by atoms with E-state index in [0.29, 0.717) is 18.2 Å². The highest BCUT2D eigenvalue weighted by atomic mass is 79.9. The minimum absolute atomic E-state index is 0.0602. The molecule has 0 saturated heterocycles. The molecule has 1 heterocycles. The number of amides is 2. The molecular formula is C24H27BrN4O2. The molecule has 2 amide bonds. The molecule has 1 aromatic heterocycles. The Bertz CT molecular complexity index is 1050. The van der Waals surface area contributed by atoms with E-state index in [4.69, 9.17) is 0 Å². The Kier molecular flexibility index (Phi) is 4.84. The van der Waals surface area contributed by atoms with E-state index in [-0.39, 0.29) is 35.0 Å². The van der Waals surface area contributed by atoms with E-state index in [0.717, 1.165) is 15.9 Å². The lowest BCUT2D eigenvalue weighted by atomic mass is 9.82. The standard InChI is InChI=1S/C24H27BrN4O2/c1-14-12-20(27-29(14)3)23(31)28(2)13-17-18-8-9-19(24(18)10-11-24)21(17)22(30)26-16-6-4-15(25)5-7-16/h4-9,12,17-19,21H,10-11,13H2,1-3H3,(H,26,30)/t17-,18-,19+,21+/m1/s1. The lowest BCUT2D eigenvalue weighted by molar-refractivity contribution is -0.122. The zero-order valence-corrected chi connectivity index (χ0v) is 19.6. The van der Waals surface area contributed by atoms with Gasteiger partial charge in [-0.15, -0.1) is 0 Å². The van der Waals surface area contributed by atoms with Crippen LogP contribution in [0.1, 0.15) is 29.0 Å². The molecule has 1 N–H and O–H groups in total. The number of benzene rings is 1. The topological polar surface area (TPSA) is 67.2 Å². The van der Waals surface area contributed by atoms with Crippen molar-refractivity contribution in [2.75, 3.05) is 18.9 Å². The second-order valence-corrected chi connectivity index (χ2v) is 10.3. The minimum Gasteiger partial charge on any atom is -0.340 e. The van der Waals surface area contributed by atoms with Crippen LogP contribution in [0.15, 0.2) is 47.0 Å². The molecule has 0 aliphatic heterocycles. The van der Waals surface area contributed by atoms with Gasteiger partial charge in [-0.1, -0.05) is 28.1 Å². The third kappa shape index (κ3) is 3.34. The molecule has 7 heteroatoms. The molecule has 0 radical (unpaired) electrons. The molecule has 2 saturated carbocycles. The van der Waals surface area contributed by atoms with Crippen molar-refractivity contribution in [3.8, 4) is 0 Å². The van der Waals surface area contributed by atoms with Crippen LogP contribution in [0.4, 0.5) is 5.69 Å². The number of halogens is 1. The van der Waals surface area contributed by atoms with Gasteiger partial charge in [0.05, 0.1) is 5.92 Å². The Balaban J connectivity index is 1.37. The lowest BCUT2D eigenvalue weighted by Gasteiger charge is -2.30. The zero-order valence-electron chi connectivity index (χ0n) is 18.0. The van der Waals surface area contributed by atoms with Crippen molar-refractivity contribution >= 4 is 33.4 Å². The summed E-state index contributed by atoms with van der Waals surface area (Å²) >= 11 is 3.44. The molecule has 2 aromatic rings. The number of anilines is 1. The Morgan fingerprint density at radius 2 is 1.90 bits per heavy atom. The Labute approximate surface area is 190 Å². The Morgan fingerprint density at radius 3 is 2.52 bits per heavy atom. The van der Waals surface area contributed by atoms with Crippen molar-refractivity contribution in [2.24, 2.45) is 36.1 Å². The van der Waals surface area contributed by atoms with Crippen molar-refractivity contribution in [1.82, 2.24) is 14.7 Å². The minimum atomic E-state index is -0.123. The van der Waals surface area contributed by atoms with Gasteiger partial charge in [-0.3, -0.25) is 14.3 Å². The largest absolute Gasteiger partial charge is 0.340 e. The first-order valence-electron chi connectivity index (χ1n) is 10.8. The van der Waals surface area contributed by atoms with Gasteiger partial charge in [-0.05, 0) is 73.3 Å². The predicted molar refractivity (Wildman–Crippen MR) is 122 cm³/mol. The summed E-state index contributed by atoms with van der Waals surface area (Å²) < 4.78 is 2.70. The van der Waals surface area contributed by atoms with Crippen LogP contribution in [0.5, 0.6) is 0 Å². The van der Waals surface area contributed by atoms with Gasteiger partial charge in [0.25, 0.3) is 5.91 Å². The maximum Gasteiger partial charge on any atom is 0.274 e. The van der Waals surface area contributed by atoms with E-state index >= 15 is 0 Å². The number of hydrogen-bond acceptors (Lipinski definition) is 3. The van der Waals surface area contributed by atoms with Gasteiger partial charge in [0, 0.05) is 36.5 Å². The van der Waals surface area contributed by atoms with E-state index in [1.54, 1.807) is 9.58 Å². The number of allylic oxidation sites excluding steroid dienone is 2. The normalized spacial score (nSPS) is 27.0. The van der Waals surface area contributed by atoms with Gasteiger partial charge in [-0.2, -0.15) is 5.10 Å². The van der Waals surface area contributed by atoms with E-state index < -0.39 is 0 Å². The van der Waals surface area contributed by atoms with E-state index in [1.165, 1.54) is 12.8 Å². The quantitative estimate of drug-likeness (QED) is 0.654. The number of carbonyl (C=O) groups is 2. The number of rotatable bonds is 5. The van der Waals surface area contributed by atoms with Crippen LogP contribution in [-0.4, -0.2) is 40.1 Å². The highest BCUT2D eigenvalue weighted by molar-refractivity contribution is 9.10. The number of carbonyl (C=O) groups excluding carboxylic acids is 2. The first-order chi connectivity index (χ1) is 14.8. The first-order valence-corrected chi connectivity index (χ1v) is 11.6. The summed E-state index contributed by atoms with van der Waals surface area (Å²) in [6.07, 6.45) is 6.90. The lowest BCUT2D eigenvalue weighted by Crippen LogP contribution is -2.40. The fraction of sp³-hybridized carbons (Fsp3) is 0.458.